The fraction of sp³-hybridized carbons (Fsp3) is 0.741. The van der Waals surface area contributed by atoms with E-state index < -0.39 is 34.8 Å². The highest BCUT2D eigenvalue weighted by molar-refractivity contribution is 5.93. The summed E-state index contributed by atoms with van der Waals surface area (Å²) in [5, 5.41) is 33.3. The molecule has 0 aliphatic heterocycles. The summed E-state index contributed by atoms with van der Waals surface area (Å²) in [4.78, 5) is 37.4. The molecule has 4 saturated carbocycles. The first-order valence-corrected chi connectivity index (χ1v) is 12.9. The molecule has 0 aromatic carbocycles. The summed E-state index contributed by atoms with van der Waals surface area (Å²) in [5.41, 5.74) is -2.59. The van der Waals surface area contributed by atoms with Gasteiger partial charge in [0.1, 0.15) is 18.3 Å². The summed E-state index contributed by atoms with van der Waals surface area (Å²) in [7, 11) is 0. The number of aliphatic hydroxyl groups excluding tert-OH is 2. The van der Waals surface area contributed by atoms with Crippen molar-refractivity contribution in [3.05, 3.63) is 34.4 Å². The van der Waals surface area contributed by atoms with Crippen LogP contribution in [0.15, 0.2) is 27.6 Å². The molecule has 5 rings (SSSR count). The van der Waals surface area contributed by atoms with Crippen molar-refractivity contribution in [1.82, 2.24) is 0 Å². The van der Waals surface area contributed by atoms with Gasteiger partial charge in [0.05, 0.1) is 17.3 Å². The molecule has 9 nitrogen and oxygen atoms in total. The lowest BCUT2D eigenvalue weighted by atomic mass is 9.42. The molecule has 1 aromatic rings. The lowest BCUT2D eigenvalue weighted by Gasteiger charge is -2.64. The number of aliphatic hydroxyl groups is 3. The number of ketones is 1. The maximum atomic E-state index is 13.9. The van der Waals surface area contributed by atoms with E-state index in [0.717, 1.165) is 6.42 Å². The monoisotopic (exact) mass is 506 g/mol. The van der Waals surface area contributed by atoms with Gasteiger partial charge in [0.15, 0.2) is 5.78 Å². The molecule has 1 heterocycles. The summed E-state index contributed by atoms with van der Waals surface area (Å²) in [6.45, 7) is 5.28. The number of hydrogen-bond acceptors (Lipinski definition) is 8. The van der Waals surface area contributed by atoms with Gasteiger partial charge in [-0.3, -0.25) is 4.79 Å². The van der Waals surface area contributed by atoms with Gasteiger partial charge in [-0.1, -0.05) is 6.92 Å². The Morgan fingerprint density at radius 2 is 1.86 bits per heavy atom. The molecular formula is C27H38O9. The Morgan fingerprint density at radius 1 is 1.14 bits per heavy atom. The maximum Gasteiger partial charge on any atom is 0.335 e. The molecule has 4 aliphatic carbocycles. The summed E-state index contributed by atoms with van der Waals surface area (Å²) >= 11 is 0. The minimum Gasteiger partial charge on any atom is -0.460 e. The van der Waals surface area contributed by atoms with Crippen LogP contribution in [0.5, 0.6) is 0 Å². The second-order valence-corrected chi connectivity index (χ2v) is 11.8. The van der Waals surface area contributed by atoms with Crippen molar-refractivity contribution in [2.75, 3.05) is 0 Å². The fourth-order valence-corrected chi connectivity index (χ4v) is 8.48. The smallest absolute Gasteiger partial charge is 0.335 e. The first-order valence-electron chi connectivity index (χ1n) is 12.9. The number of fused-ring (bicyclic) bond motifs is 5. The first kappa shape index (κ1) is 27.0. The Labute approximate surface area is 210 Å². The molecule has 36 heavy (non-hydrogen) atoms. The van der Waals surface area contributed by atoms with Gasteiger partial charge in [0.2, 0.25) is 0 Å². The molecule has 5 N–H and O–H groups in total. The van der Waals surface area contributed by atoms with Crippen molar-refractivity contribution in [2.24, 2.45) is 28.6 Å². The van der Waals surface area contributed by atoms with Gasteiger partial charge in [0.25, 0.3) is 0 Å². The molecule has 0 bridgehead atoms. The van der Waals surface area contributed by atoms with Crippen LogP contribution in [0.1, 0.15) is 77.2 Å². The molecule has 0 unspecified atom stereocenters. The minimum atomic E-state index is -1.27. The van der Waals surface area contributed by atoms with Crippen molar-refractivity contribution < 1.29 is 39.5 Å². The molecule has 0 amide bonds. The van der Waals surface area contributed by atoms with Crippen LogP contribution in [-0.4, -0.2) is 56.5 Å². The van der Waals surface area contributed by atoms with Gasteiger partial charge in [-0.15, -0.1) is 0 Å². The van der Waals surface area contributed by atoms with E-state index in [2.05, 4.69) is 6.92 Å². The van der Waals surface area contributed by atoms with E-state index in [-0.39, 0.29) is 46.5 Å². The summed E-state index contributed by atoms with van der Waals surface area (Å²) in [6.07, 6.45) is 3.10. The van der Waals surface area contributed by atoms with Crippen molar-refractivity contribution >= 4 is 11.8 Å². The van der Waals surface area contributed by atoms with E-state index in [1.807, 2.05) is 0 Å². The second kappa shape index (κ2) is 9.04. The third-order valence-corrected chi connectivity index (χ3v) is 10.4. The molecule has 1 aromatic heterocycles. The molecular weight excluding hydrogens is 468 g/mol. The Balaban J connectivity index is 0.00000304. The fourth-order valence-electron chi connectivity index (χ4n) is 8.48. The molecule has 10 atom stereocenters. The highest BCUT2D eigenvalue weighted by atomic mass is 16.6. The van der Waals surface area contributed by atoms with E-state index >= 15 is 0 Å². The number of carbonyl (C=O) groups is 2. The number of rotatable bonds is 3. The van der Waals surface area contributed by atoms with E-state index in [1.165, 1.54) is 19.3 Å². The van der Waals surface area contributed by atoms with Crippen LogP contribution in [0.25, 0.3) is 0 Å². The zero-order valence-electron chi connectivity index (χ0n) is 21.1. The van der Waals surface area contributed by atoms with Crippen LogP contribution in [-0.2, 0) is 14.3 Å². The van der Waals surface area contributed by atoms with Crippen molar-refractivity contribution in [3.8, 4) is 0 Å². The Morgan fingerprint density at radius 3 is 2.50 bits per heavy atom. The van der Waals surface area contributed by atoms with Crippen LogP contribution in [0, 0.1) is 28.6 Å². The molecule has 4 fully saturated rings. The molecule has 9 heteroatoms. The third kappa shape index (κ3) is 3.61. The van der Waals surface area contributed by atoms with Crippen LogP contribution < -0.4 is 5.63 Å². The lowest BCUT2D eigenvalue weighted by Crippen LogP contribution is -2.70. The number of hydrogen-bond donors (Lipinski definition) is 3. The molecule has 0 saturated heterocycles. The van der Waals surface area contributed by atoms with Crippen molar-refractivity contribution in [3.63, 3.8) is 0 Å². The van der Waals surface area contributed by atoms with E-state index in [9.17, 15) is 29.7 Å². The van der Waals surface area contributed by atoms with Crippen LogP contribution in [0.4, 0.5) is 0 Å². The first-order chi connectivity index (χ1) is 16.4. The van der Waals surface area contributed by atoms with Gasteiger partial charge in [-0.2, -0.15) is 0 Å². The quantitative estimate of drug-likeness (QED) is 0.519. The second-order valence-electron chi connectivity index (χ2n) is 11.8. The minimum absolute atomic E-state index is 0. The lowest BCUT2D eigenvalue weighted by molar-refractivity contribution is -0.229. The zero-order valence-corrected chi connectivity index (χ0v) is 21.1. The summed E-state index contributed by atoms with van der Waals surface area (Å²) < 4.78 is 10.6. The molecule has 0 radical (unpaired) electrons. The average Bonchev–Trinajstić information content (AvgIpc) is 3.10. The number of Topliss-reactive ketones (excluding diaryl/α,β-unsaturated/α-hetero) is 1. The SMILES string of the molecule is C[C@@H](O)C(=O)O[C@H]1CC[C@@]2(C)[C@H](CC[C@@H]3[C@@H]2[C@H](O)C(=O)[C@]2(C)[C@@H](c4ccc(=O)oc4)CC[C@]32O)C1.O. The van der Waals surface area contributed by atoms with E-state index in [4.69, 9.17) is 9.15 Å². The summed E-state index contributed by atoms with van der Waals surface area (Å²) in [6, 6.07) is 2.99. The van der Waals surface area contributed by atoms with E-state index in [0.29, 0.717) is 44.1 Å². The van der Waals surface area contributed by atoms with Gasteiger partial charge in [-0.05, 0) is 87.7 Å². The normalized spacial score (nSPS) is 44.4. The van der Waals surface area contributed by atoms with Crippen LogP contribution >= 0.6 is 0 Å². The standard InChI is InChI=1S/C27H36O8.H2O/c1-14(28)24(32)35-17-8-10-25(2)16(12-17)5-6-19-21(25)22(30)23(31)26(3)18(9-11-27(19,26)33)15-4-7-20(29)34-13-15;/h4,7,13-14,16-19,21-22,28,30,33H,5-6,8-12H2,1-3H3;1H2/t14-,16-,17+,18-,19-,21-,22+,25+,26+,27+;/m1./s1. The third-order valence-electron chi connectivity index (χ3n) is 10.4. The summed E-state index contributed by atoms with van der Waals surface area (Å²) in [5.74, 6) is -1.79. The Kier molecular flexibility index (Phi) is 6.78. The van der Waals surface area contributed by atoms with E-state index in [1.54, 1.807) is 13.0 Å². The predicted molar refractivity (Wildman–Crippen MR) is 128 cm³/mol. The molecule has 200 valence electrons. The van der Waals surface area contributed by atoms with Gasteiger partial charge >= 0.3 is 11.6 Å². The predicted octanol–water partition coefficient (Wildman–Crippen LogP) is 1.50. The maximum absolute atomic E-state index is 13.9. The number of esters is 1. The number of carbonyl (C=O) groups excluding carboxylic acids is 2. The van der Waals surface area contributed by atoms with Crippen LogP contribution in [0.2, 0.25) is 0 Å². The van der Waals surface area contributed by atoms with Crippen molar-refractivity contribution in [2.45, 2.75) is 95.5 Å². The topological polar surface area (TPSA) is 166 Å². The highest BCUT2D eigenvalue weighted by Crippen LogP contribution is 2.69. The molecule has 4 aliphatic rings. The van der Waals surface area contributed by atoms with Gasteiger partial charge in [-0.25, -0.2) is 9.59 Å². The highest BCUT2D eigenvalue weighted by Gasteiger charge is 2.73. The number of ether oxygens (including phenoxy) is 1. The van der Waals surface area contributed by atoms with Gasteiger partial charge in [0, 0.05) is 17.9 Å². The Bertz CT molecular complexity index is 1060. The van der Waals surface area contributed by atoms with Gasteiger partial charge < -0.3 is 29.9 Å². The Hall–Kier alpha value is -2.07. The van der Waals surface area contributed by atoms with Crippen molar-refractivity contribution in [1.29, 1.82) is 0 Å². The molecule has 0 spiro atoms. The van der Waals surface area contributed by atoms with Crippen LogP contribution in [0.3, 0.4) is 0 Å². The zero-order chi connectivity index (χ0) is 25.3. The average molecular weight is 507 g/mol. The largest absolute Gasteiger partial charge is 0.460 e.